The van der Waals surface area contributed by atoms with E-state index in [9.17, 15) is 8.78 Å². The molecule has 7 heteroatoms. The molecule has 4 aromatic rings. The van der Waals surface area contributed by atoms with Crippen LogP contribution in [0, 0.1) is 18.6 Å². The molecule has 0 saturated carbocycles. The summed E-state index contributed by atoms with van der Waals surface area (Å²) in [6.45, 7) is 2.83. The van der Waals surface area contributed by atoms with Crippen LogP contribution in [-0.2, 0) is 19.6 Å². The Balaban J connectivity index is 1.44. The van der Waals surface area contributed by atoms with Crippen LogP contribution < -0.4 is 15.2 Å². The van der Waals surface area contributed by atoms with E-state index in [0.717, 1.165) is 41.1 Å². The Kier molecular flexibility index (Phi) is 6.66. The molecule has 2 heterocycles. The summed E-state index contributed by atoms with van der Waals surface area (Å²) in [4.78, 5) is 4.40. The Bertz CT molecular complexity index is 1220. The van der Waals surface area contributed by atoms with Crippen molar-refractivity contribution in [2.24, 2.45) is 5.73 Å². The van der Waals surface area contributed by atoms with Crippen LogP contribution in [-0.4, -0.2) is 11.6 Å². The number of rotatable bonds is 9. The lowest BCUT2D eigenvalue weighted by atomic mass is 10.1. The van der Waals surface area contributed by atoms with E-state index >= 15 is 0 Å². The van der Waals surface area contributed by atoms with Crippen LogP contribution >= 0.6 is 0 Å². The number of fused-ring (bicyclic) bond motifs is 1. The zero-order chi connectivity index (χ0) is 22.5. The third-order valence-electron chi connectivity index (χ3n) is 5.31. The van der Waals surface area contributed by atoms with E-state index < -0.39 is 11.6 Å². The predicted octanol–water partition coefficient (Wildman–Crippen LogP) is 5.46. The van der Waals surface area contributed by atoms with Gasteiger partial charge in [0.05, 0.1) is 12.0 Å². The van der Waals surface area contributed by atoms with Crippen LogP contribution in [0.4, 0.5) is 8.78 Å². The second-order valence-corrected chi connectivity index (χ2v) is 7.39. The minimum atomic E-state index is -1.02. The highest BCUT2D eigenvalue weighted by Crippen LogP contribution is 2.34. The number of pyridine rings is 1. The van der Waals surface area contributed by atoms with Gasteiger partial charge in [-0.15, -0.1) is 0 Å². The number of nitrogens with zero attached hydrogens (tertiary/aromatic N) is 1. The van der Waals surface area contributed by atoms with Gasteiger partial charge in [0.1, 0.15) is 23.7 Å². The fraction of sp³-hybridized carbons (Fsp3) is 0.240. The molecular formula is C25H24F2N2O3. The summed E-state index contributed by atoms with van der Waals surface area (Å²) < 4.78 is 44.6. The molecule has 5 nitrogen and oxygen atoms in total. The van der Waals surface area contributed by atoms with Crippen LogP contribution in [0.25, 0.3) is 11.0 Å². The average molecular weight is 438 g/mol. The first kappa shape index (κ1) is 21.8. The maximum absolute atomic E-state index is 13.9. The molecule has 0 radical (unpaired) electrons. The number of aromatic nitrogens is 1. The third kappa shape index (κ3) is 4.57. The van der Waals surface area contributed by atoms with Gasteiger partial charge in [0.2, 0.25) is 5.82 Å². The molecule has 32 heavy (non-hydrogen) atoms. The van der Waals surface area contributed by atoms with Gasteiger partial charge in [-0.2, -0.15) is 4.39 Å². The molecule has 0 bridgehead atoms. The summed E-state index contributed by atoms with van der Waals surface area (Å²) in [6.07, 6.45) is 3.32. The molecule has 166 valence electrons. The highest BCUT2D eigenvalue weighted by molar-refractivity contribution is 5.88. The monoisotopic (exact) mass is 438 g/mol. The molecule has 0 aliphatic rings. The third-order valence-corrected chi connectivity index (χ3v) is 5.31. The molecule has 0 aliphatic heterocycles. The first-order valence-electron chi connectivity index (χ1n) is 10.4. The van der Waals surface area contributed by atoms with Crippen molar-refractivity contribution >= 4 is 11.0 Å². The van der Waals surface area contributed by atoms with Crippen molar-refractivity contribution in [1.29, 1.82) is 0 Å². The zero-order valence-corrected chi connectivity index (χ0v) is 17.7. The number of ether oxygens (including phenoxy) is 2. The fourth-order valence-electron chi connectivity index (χ4n) is 3.62. The lowest BCUT2D eigenvalue weighted by Gasteiger charge is -2.09. The maximum Gasteiger partial charge on any atom is 0.200 e. The normalized spacial score (nSPS) is 11.1. The number of halogens is 2. The van der Waals surface area contributed by atoms with Crippen LogP contribution in [0.5, 0.6) is 11.5 Å². The number of hydrogen-bond donors (Lipinski definition) is 1. The lowest BCUT2D eigenvalue weighted by molar-refractivity contribution is 0.257. The molecule has 0 unspecified atom stereocenters. The molecule has 0 atom stereocenters. The molecule has 0 fully saturated rings. The summed E-state index contributed by atoms with van der Waals surface area (Å²) >= 11 is 0. The predicted molar refractivity (Wildman–Crippen MR) is 118 cm³/mol. The van der Waals surface area contributed by atoms with Crippen LogP contribution in [0.3, 0.4) is 0 Å². The maximum atomic E-state index is 13.9. The van der Waals surface area contributed by atoms with Gasteiger partial charge in [-0.1, -0.05) is 18.2 Å². The molecule has 0 amide bonds. The summed E-state index contributed by atoms with van der Waals surface area (Å²) in [5.41, 5.74) is 9.28. The van der Waals surface area contributed by atoms with Crippen molar-refractivity contribution in [3.05, 3.63) is 88.9 Å². The summed E-state index contributed by atoms with van der Waals surface area (Å²) in [5, 5.41) is 0.839. The van der Waals surface area contributed by atoms with Crippen molar-refractivity contribution in [1.82, 2.24) is 4.98 Å². The van der Waals surface area contributed by atoms with E-state index in [1.165, 1.54) is 12.1 Å². The van der Waals surface area contributed by atoms with E-state index in [1.807, 2.05) is 37.3 Å². The Labute approximate surface area is 184 Å². The molecule has 0 aliphatic carbocycles. The van der Waals surface area contributed by atoms with E-state index in [2.05, 4.69) is 4.98 Å². The van der Waals surface area contributed by atoms with Crippen LogP contribution in [0.1, 0.15) is 29.0 Å². The minimum Gasteiger partial charge on any atom is -0.493 e. The first-order valence-corrected chi connectivity index (χ1v) is 10.4. The number of hydrogen-bond acceptors (Lipinski definition) is 5. The van der Waals surface area contributed by atoms with Crippen molar-refractivity contribution in [2.75, 3.05) is 6.61 Å². The summed E-state index contributed by atoms with van der Waals surface area (Å²) in [7, 11) is 0. The standard InChI is InChI=1S/C25H24F2N2O3/c1-16-23(15-31-22-11-2-7-18(26)25(22)27)32-21-10-3-9-20(24(16)21)30-13-5-8-19-17(14-28)6-4-12-29-19/h2-4,6-7,9-12H,5,8,13-15,28H2,1H3. The van der Waals surface area contributed by atoms with Gasteiger partial charge in [0.15, 0.2) is 11.6 Å². The molecule has 2 aromatic carbocycles. The van der Waals surface area contributed by atoms with Gasteiger partial charge >= 0.3 is 0 Å². The lowest BCUT2D eigenvalue weighted by Crippen LogP contribution is -2.06. The second kappa shape index (κ2) is 9.78. The van der Waals surface area contributed by atoms with Gasteiger partial charge in [0, 0.05) is 24.0 Å². The Morgan fingerprint density at radius 3 is 2.66 bits per heavy atom. The minimum absolute atomic E-state index is 0.0259. The molecule has 0 spiro atoms. The van der Waals surface area contributed by atoms with Gasteiger partial charge < -0.3 is 19.6 Å². The Hall–Kier alpha value is -3.45. The smallest absolute Gasteiger partial charge is 0.200 e. The number of aryl methyl sites for hydroxylation is 2. The molecule has 4 rings (SSSR count). The van der Waals surface area contributed by atoms with Gasteiger partial charge in [-0.3, -0.25) is 4.98 Å². The molecule has 2 N–H and O–H groups in total. The SMILES string of the molecule is Cc1c(COc2cccc(F)c2F)oc2cccc(OCCCc3ncccc3CN)c12. The number of nitrogens with two attached hydrogens (primary N) is 1. The summed E-state index contributed by atoms with van der Waals surface area (Å²) in [6, 6.07) is 13.3. The average Bonchev–Trinajstić information content (AvgIpc) is 3.14. The first-order chi connectivity index (χ1) is 15.6. The number of benzene rings is 2. The van der Waals surface area contributed by atoms with Crippen molar-refractivity contribution in [2.45, 2.75) is 32.9 Å². The Morgan fingerprint density at radius 2 is 1.81 bits per heavy atom. The zero-order valence-electron chi connectivity index (χ0n) is 17.7. The highest BCUT2D eigenvalue weighted by Gasteiger charge is 2.17. The van der Waals surface area contributed by atoms with Gasteiger partial charge in [0.25, 0.3) is 0 Å². The van der Waals surface area contributed by atoms with Crippen molar-refractivity contribution in [3.63, 3.8) is 0 Å². The molecule has 2 aromatic heterocycles. The molecular weight excluding hydrogens is 414 g/mol. The highest BCUT2D eigenvalue weighted by atomic mass is 19.2. The fourth-order valence-corrected chi connectivity index (χ4v) is 3.62. The topological polar surface area (TPSA) is 70.5 Å². The van der Waals surface area contributed by atoms with E-state index in [-0.39, 0.29) is 12.4 Å². The van der Waals surface area contributed by atoms with E-state index in [0.29, 0.717) is 30.2 Å². The van der Waals surface area contributed by atoms with Gasteiger partial charge in [-0.25, -0.2) is 4.39 Å². The second-order valence-electron chi connectivity index (χ2n) is 7.39. The summed E-state index contributed by atoms with van der Waals surface area (Å²) in [5.74, 6) is -0.903. The number of furan rings is 1. The van der Waals surface area contributed by atoms with Crippen LogP contribution in [0.15, 0.2) is 59.1 Å². The van der Waals surface area contributed by atoms with Crippen molar-refractivity contribution in [3.8, 4) is 11.5 Å². The van der Waals surface area contributed by atoms with Crippen molar-refractivity contribution < 1.29 is 22.7 Å². The van der Waals surface area contributed by atoms with Crippen LogP contribution in [0.2, 0.25) is 0 Å². The molecule has 0 saturated heterocycles. The Morgan fingerprint density at radius 1 is 1.00 bits per heavy atom. The largest absolute Gasteiger partial charge is 0.493 e. The van der Waals surface area contributed by atoms with E-state index in [4.69, 9.17) is 19.6 Å². The van der Waals surface area contributed by atoms with E-state index in [1.54, 1.807) is 6.20 Å². The van der Waals surface area contributed by atoms with Gasteiger partial charge in [-0.05, 0) is 55.7 Å². The quantitative estimate of drug-likeness (QED) is 0.351.